The van der Waals surface area contributed by atoms with Crippen LogP contribution in [-0.4, -0.2) is 14.5 Å². The van der Waals surface area contributed by atoms with E-state index < -0.39 is 16.2 Å². The number of aromatic nitrogens is 2. The zero-order chi connectivity index (χ0) is 15.7. The number of thiazole rings is 1. The van der Waals surface area contributed by atoms with E-state index in [0.29, 0.717) is 20.9 Å². The van der Waals surface area contributed by atoms with Crippen molar-refractivity contribution in [3.05, 3.63) is 66.7 Å². The third-order valence-electron chi connectivity index (χ3n) is 2.85. The van der Waals surface area contributed by atoms with Crippen LogP contribution in [-0.2, 0) is 6.54 Å². The van der Waals surface area contributed by atoms with Crippen molar-refractivity contribution in [2.75, 3.05) is 0 Å². The molecule has 0 amide bonds. The van der Waals surface area contributed by atoms with Crippen molar-refractivity contribution >= 4 is 33.0 Å². The molecule has 0 aliphatic carbocycles. The lowest BCUT2D eigenvalue weighted by molar-refractivity contribution is -0.386. The third kappa shape index (κ3) is 2.85. The summed E-state index contributed by atoms with van der Waals surface area (Å²) in [4.78, 5) is 26.6. The quantitative estimate of drug-likeness (QED) is 0.510. The van der Waals surface area contributed by atoms with Crippen molar-refractivity contribution in [2.24, 2.45) is 0 Å². The van der Waals surface area contributed by atoms with Gasteiger partial charge in [0.25, 0.3) is 0 Å². The zero-order valence-corrected chi connectivity index (χ0v) is 13.3. The molecule has 0 saturated carbocycles. The summed E-state index contributed by atoms with van der Waals surface area (Å²) >= 11 is 4.55. The van der Waals surface area contributed by atoms with Gasteiger partial charge in [-0.15, -0.1) is 11.3 Å². The molecule has 0 aromatic carbocycles. The molecule has 0 aliphatic rings. The number of furan rings is 1. The van der Waals surface area contributed by atoms with Crippen LogP contribution in [0.3, 0.4) is 0 Å². The van der Waals surface area contributed by atoms with Crippen LogP contribution in [0.25, 0.3) is 10.8 Å². The van der Waals surface area contributed by atoms with E-state index in [-0.39, 0.29) is 6.54 Å². The Hall–Kier alpha value is -2.26. The van der Waals surface area contributed by atoms with Gasteiger partial charge in [-0.25, -0.2) is 4.98 Å². The number of rotatable bonds is 4. The fourth-order valence-electron chi connectivity index (χ4n) is 1.90. The maximum atomic E-state index is 12.1. The summed E-state index contributed by atoms with van der Waals surface area (Å²) < 4.78 is 6.97. The topological polar surface area (TPSA) is 91.2 Å². The SMILES string of the molecule is O=c1c([N+](=O)[O-])cc(Br)cn1Cc1csc(-c2ccco2)n1. The molecule has 0 N–H and O–H groups in total. The summed E-state index contributed by atoms with van der Waals surface area (Å²) in [6.45, 7) is 0.149. The molecule has 9 heteroatoms. The van der Waals surface area contributed by atoms with Gasteiger partial charge >= 0.3 is 11.2 Å². The van der Waals surface area contributed by atoms with Crippen LogP contribution in [0, 0.1) is 10.1 Å². The molecule has 3 aromatic rings. The Balaban J connectivity index is 1.94. The molecule has 0 fully saturated rings. The summed E-state index contributed by atoms with van der Waals surface area (Å²) in [5.41, 5.74) is -0.512. The van der Waals surface area contributed by atoms with Crippen LogP contribution in [0.1, 0.15) is 5.69 Å². The minimum atomic E-state index is -0.696. The van der Waals surface area contributed by atoms with Gasteiger partial charge in [-0.3, -0.25) is 14.9 Å². The highest BCUT2D eigenvalue weighted by Gasteiger charge is 2.17. The van der Waals surface area contributed by atoms with E-state index in [9.17, 15) is 14.9 Å². The second kappa shape index (κ2) is 5.85. The monoisotopic (exact) mass is 381 g/mol. The fraction of sp³-hybridized carbons (Fsp3) is 0.0769. The zero-order valence-electron chi connectivity index (χ0n) is 10.9. The molecule has 7 nitrogen and oxygen atoms in total. The first-order chi connectivity index (χ1) is 10.5. The van der Waals surface area contributed by atoms with E-state index in [1.165, 1.54) is 28.2 Å². The van der Waals surface area contributed by atoms with Gasteiger partial charge in [0.15, 0.2) is 10.8 Å². The lowest BCUT2D eigenvalue weighted by Gasteiger charge is -2.04. The standard InChI is InChI=1S/C13H8BrN3O4S/c14-8-4-10(17(19)20)13(18)16(5-8)6-9-7-22-12(15-9)11-2-1-3-21-11/h1-5,7H,6H2. The lowest BCUT2D eigenvalue weighted by atomic mass is 10.4. The van der Waals surface area contributed by atoms with E-state index in [1.54, 1.807) is 23.8 Å². The molecule has 0 radical (unpaired) electrons. The van der Waals surface area contributed by atoms with Crippen LogP contribution in [0.5, 0.6) is 0 Å². The number of hydrogen-bond acceptors (Lipinski definition) is 6. The molecule has 0 unspecified atom stereocenters. The maximum Gasteiger partial charge on any atom is 0.335 e. The summed E-state index contributed by atoms with van der Waals surface area (Å²) in [5.74, 6) is 0.642. The molecule has 0 saturated heterocycles. The van der Waals surface area contributed by atoms with Crippen LogP contribution in [0.15, 0.2) is 49.7 Å². The molecule has 3 rings (SSSR count). The summed E-state index contributed by atoms with van der Waals surface area (Å²) in [6, 6.07) is 4.74. The minimum absolute atomic E-state index is 0.149. The molecule has 22 heavy (non-hydrogen) atoms. The number of hydrogen-bond donors (Lipinski definition) is 0. The predicted molar refractivity (Wildman–Crippen MR) is 84.0 cm³/mol. The minimum Gasteiger partial charge on any atom is -0.462 e. The average molecular weight is 382 g/mol. The summed E-state index contributed by atoms with van der Waals surface area (Å²) in [6.07, 6.45) is 3.06. The molecule has 0 spiro atoms. The van der Waals surface area contributed by atoms with Gasteiger partial charge in [-0.05, 0) is 28.1 Å². The van der Waals surface area contributed by atoms with Gasteiger partial charge in [0, 0.05) is 22.1 Å². The van der Waals surface area contributed by atoms with Crippen LogP contribution in [0.4, 0.5) is 5.69 Å². The van der Waals surface area contributed by atoms with Gasteiger partial charge in [-0.2, -0.15) is 0 Å². The first-order valence-corrected chi connectivity index (χ1v) is 7.74. The second-order valence-corrected chi connectivity index (χ2v) is 6.13. The highest BCUT2D eigenvalue weighted by Crippen LogP contribution is 2.24. The number of nitrogens with zero attached hydrogens (tertiary/aromatic N) is 3. The Morgan fingerprint density at radius 3 is 3.00 bits per heavy atom. The van der Waals surface area contributed by atoms with Crippen LogP contribution >= 0.6 is 27.3 Å². The molecule has 3 aromatic heterocycles. The van der Waals surface area contributed by atoms with E-state index in [4.69, 9.17) is 4.42 Å². The van der Waals surface area contributed by atoms with Crippen molar-refractivity contribution in [2.45, 2.75) is 6.54 Å². The number of nitro groups is 1. The van der Waals surface area contributed by atoms with Crippen molar-refractivity contribution < 1.29 is 9.34 Å². The first-order valence-electron chi connectivity index (χ1n) is 6.07. The van der Waals surface area contributed by atoms with E-state index in [1.807, 2.05) is 0 Å². The molecule has 3 heterocycles. The number of pyridine rings is 1. The molecular weight excluding hydrogens is 374 g/mol. The fourth-order valence-corrected chi connectivity index (χ4v) is 3.14. The van der Waals surface area contributed by atoms with Crippen molar-refractivity contribution in [3.8, 4) is 10.8 Å². The maximum absolute atomic E-state index is 12.1. The van der Waals surface area contributed by atoms with Crippen LogP contribution < -0.4 is 5.56 Å². The Morgan fingerprint density at radius 2 is 2.32 bits per heavy atom. The van der Waals surface area contributed by atoms with E-state index in [2.05, 4.69) is 20.9 Å². The molecular formula is C13H8BrN3O4S. The highest BCUT2D eigenvalue weighted by atomic mass is 79.9. The van der Waals surface area contributed by atoms with Crippen molar-refractivity contribution in [1.29, 1.82) is 0 Å². The van der Waals surface area contributed by atoms with E-state index in [0.717, 1.165) is 0 Å². The molecule has 0 atom stereocenters. The molecule has 0 bridgehead atoms. The molecule has 112 valence electrons. The summed E-state index contributed by atoms with van der Waals surface area (Å²) in [5, 5.41) is 13.4. The smallest absolute Gasteiger partial charge is 0.335 e. The van der Waals surface area contributed by atoms with Gasteiger partial charge < -0.3 is 8.98 Å². The number of halogens is 1. The van der Waals surface area contributed by atoms with Gasteiger partial charge in [-0.1, -0.05) is 0 Å². The van der Waals surface area contributed by atoms with Crippen molar-refractivity contribution in [3.63, 3.8) is 0 Å². The highest BCUT2D eigenvalue weighted by molar-refractivity contribution is 9.10. The van der Waals surface area contributed by atoms with E-state index >= 15 is 0 Å². The first kappa shape index (κ1) is 14.7. The predicted octanol–water partition coefficient (Wildman–Crippen LogP) is 3.28. The lowest BCUT2D eigenvalue weighted by Crippen LogP contribution is -2.22. The average Bonchev–Trinajstić information content (AvgIpc) is 3.12. The van der Waals surface area contributed by atoms with Gasteiger partial charge in [0.1, 0.15) is 0 Å². The Labute approximate surface area is 136 Å². The molecule has 0 aliphatic heterocycles. The summed E-state index contributed by atoms with van der Waals surface area (Å²) in [7, 11) is 0. The Bertz CT molecular complexity index is 885. The largest absolute Gasteiger partial charge is 0.462 e. The third-order valence-corrected chi connectivity index (χ3v) is 4.19. The Kier molecular flexibility index (Phi) is 3.90. The normalized spacial score (nSPS) is 10.8. The van der Waals surface area contributed by atoms with Crippen molar-refractivity contribution in [1.82, 2.24) is 9.55 Å². The van der Waals surface area contributed by atoms with Crippen LogP contribution in [0.2, 0.25) is 0 Å². The second-order valence-electron chi connectivity index (χ2n) is 4.36. The van der Waals surface area contributed by atoms with Gasteiger partial charge in [0.2, 0.25) is 0 Å². The van der Waals surface area contributed by atoms with Gasteiger partial charge in [0.05, 0.1) is 23.4 Å². The Morgan fingerprint density at radius 1 is 1.50 bits per heavy atom.